The van der Waals surface area contributed by atoms with Crippen LogP contribution in [0.1, 0.15) is 24.9 Å². The molecule has 0 aliphatic carbocycles. The van der Waals surface area contributed by atoms with Gasteiger partial charge >= 0.3 is 0 Å². The number of hydrogen-bond donors (Lipinski definition) is 1. The average Bonchev–Trinajstić information content (AvgIpc) is 2.36. The van der Waals surface area contributed by atoms with Gasteiger partial charge in [-0.3, -0.25) is 4.90 Å². The van der Waals surface area contributed by atoms with Gasteiger partial charge < -0.3 is 5.32 Å². The van der Waals surface area contributed by atoms with Crippen LogP contribution in [-0.2, 0) is 0 Å². The smallest absolute Gasteiger partial charge is 0.142 e. The van der Waals surface area contributed by atoms with Crippen molar-refractivity contribution in [3.63, 3.8) is 0 Å². The molecule has 0 spiro atoms. The Morgan fingerprint density at radius 2 is 1.95 bits per heavy atom. The summed E-state index contributed by atoms with van der Waals surface area (Å²) in [7, 11) is 0. The molecule has 1 N–H and O–H groups in total. The molecule has 1 aromatic carbocycles. The number of piperazine rings is 1. The Hall–Kier alpha value is -0.0600. The van der Waals surface area contributed by atoms with Crippen LogP contribution in [0.15, 0.2) is 18.2 Å². The summed E-state index contributed by atoms with van der Waals surface area (Å²) in [6.45, 7) is 6.18. The predicted molar refractivity (Wildman–Crippen MR) is 83.4 cm³/mol. The molecule has 6 heteroatoms. The SMILES string of the molecule is CC[C@H](c1ccc(Cl)c(F)c1)N1CCNCC1.Cl.Cl. The molecule has 1 saturated heterocycles. The summed E-state index contributed by atoms with van der Waals surface area (Å²) in [6.07, 6.45) is 0.987. The van der Waals surface area contributed by atoms with Gasteiger partial charge in [0.25, 0.3) is 0 Å². The third-order valence-electron chi connectivity index (χ3n) is 3.31. The normalized spacial score (nSPS) is 17.2. The molecule has 1 fully saturated rings. The molecule has 1 aromatic rings. The van der Waals surface area contributed by atoms with Gasteiger partial charge in [-0.1, -0.05) is 24.6 Å². The molecule has 1 heterocycles. The molecule has 2 rings (SSSR count). The molecule has 1 aliphatic heterocycles. The molecule has 0 bridgehead atoms. The Labute approximate surface area is 131 Å². The van der Waals surface area contributed by atoms with Crippen molar-refractivity contribution in [2.75, 3.05) is 26.2 Å². The maximum absolute atomic E-state index is 13.5. The Kier molecular flexibility index (Phi) is 8.95. The number of rotatable bonds is 3. The van der Waals surface area contributed by atoms with E-state index < -0.39 is 0 Å². The molecular formula is C13H20Cl3FN2. The Bertz CT molecular complexity index is 384. The summed E-state index contributed by atoms with van der Waals surface area (Å²) in [5, 5.41) is 3.53. The lowest BCUT2D eigenvalue weighted by atomic mass is 10.0. The monoisotopic (exact) mass is 328 g/mol. The van der Waals surface area contributed by atoms with E-state index >= 15 is 0 Å². The highest BCUT2D eigenvalue weighted by atomic mass is 35.5. The quantitative estimate of drug-likeness (QED) is 0.910. The highest BCUT2D eigenvalue weighted by molar-refractivity contribution is 6.30. The van der Waals surface area contributed by atoms with Crippen molar-refractivity contribution in [1.29, 1.82) is 0 Å². The zero-order chi connectivity index (χ0) is 12.3. The van der Waals surface area contributed by atoms with Crippen molar-refractivity contribution in [3.8, 4) is 0 Å². The number of halogens is 4. The van der Waals surface area contributed by atoms with Crippen molar-refractivity contribution >= 4 is 36.4 Å². The van der Waals surface area contributed by atoms with E-state index in [1.54, 1.807) is 12.1 Å². The Balaban J connectivity index is 0.00000162. The van der Waals surface area contributed by atoms with E-state index in [4.69, 9.17) is 11.6 Å². The molecular weight excluding hydrogens is 310 g/mol. The highest BCUT2D eigenvalue weighted by Gasteiger charge is 2.21. The third-order valence-corrected chi connectivity index (χ3v) is 3.61. The molecule has 2 nitrogen and oxygen atoms in total. The topological polar surface area (TPSA) is 15.3 Å². The van der Waals surface area contributed by atoms with Gasteiger partial charge in [0.2, 0.25) is 0 Å². The first-order valence-electron chi connectivity index (χ1n) is 6.12. The van der Waals surface area contributed by atoms with Crippen LogP contribution in [0.5, 0.6) is 0 Å². The number of hydrogen-bond acceptors (Lipinski definition) is 2. The second-order valence-corrected chi connectivity index (χ2v) is 4.79. The summed E-state index contributed by atoms with van der Waals surface area (Å²) >= 11 is 5.72. The largest absolute Gasteiger partial charge is 0.314 e. The fourth-order valence-electron chi connectivity index (χ4n) is 2.42. The number of nitrogens with zero attached hydrogens (tertiary/aromatic N) is 1. The van der Waals surface area contributed by atoms with Crippen molar-refractivity contribution in [2.45, 2.75) is 19.4 Å². The van der Waals surface area contributed by atoms with Crippen molar-refractivity contribution in [2.24, 2.45) is 0 Å². The second kappa shape index (κ2) is 8.98. The van der Waals surface area contributed by atoms with Gasteiger partial charge in [-0.25, -0.2) is 4.39 Å². The lowest BCUT2D eigenvalue weighted by molar-refractivity contribution is 0.169. The molecule has 0 unspecified atom stereocenters. The van der Waals surface area contributed by atoms with Gasteiger partial charge in [0.1, 0.15) is 5.82 Å². The zero-order valence-corrected chi connectivity index (χ0v) is 13.3. The first-order valence-corrected chi connectivity index (χ1v) is 6.50. The zero-order valence-electron chi connectivity index (χ0n) is 10.9. The van der Waals surface area contributed by atoms with Gasteiger partial charge in [-0.05, 0) is 24.1 Å². The third kappa shape index (κ3) is 4.76. The summed E-state index contributed by atoms with van der Waals surface area (Å²) < 4.78 is 13.5. The van der Waals surface area contributed by atoms with E-state index in [0.29, 0.717) is 6.04 Å². The van der Waals surface area contributed by atoms with Gasteiger partial charge in [0, 0.05) is 32.2 Å². The van der Waals surface area contributed by atoms with Gasteiger partial charge in [-0.15, -0.1) is 24.8 Å². The minimum atomic E-state index is -0.322. The molecule has 0 amide bonds. The van der Waals surface area contributed by atoms with E-state index in [1.807, 2.05) is 6.07 Å². The van der Waals surface area contributed by atoms with E-state index in [0.717, 1.165) is 38.2 Å². The van der Waals surface area contributed by atoms with Crippen LogP contribution >= 0.6 is 36.4 Å². The van der Waals surface area contributed by atoms with Crippen molar-refractivity contribution in [1.82, 2.24) is 10.2 Å². The average molecular weight is 330 g/mol. The van der Waals surface area contributed by atoms with Crippen molar-refractivity contribution < 1.29 is 4.39 Å². The summed E-state index contributed by atoms with van der Waals surface area (Å²) in [5.41, 5.74) is 1.02. The first kappa shape index (κ1) is 18.9. The van der Waals surface area contributed by atoms with Gasteiger partial charge in [-0.2, -0.15) is 0 Å². The van der Waals surface area contributed by atoms with E-state index in [-0.39, 0.29) is 35.7 Å². The predicted octanol–water partition coefficient (Wildman–Crippen LogP) is 3.68. The van der Waals surface area contributed by atoms with E-state index in [9.17, 15) is 4.39 Å². The molecule has 0 saturated carbocycles. The van der Waals surface area contributed by atoms with Crippen LogP contribution in [0.4, 0.5) is 4.39 Å². The van der Waals surface area contributed by atoms with Crippen LogP contribution < -0.4 is 5.32 Å². The van der Waals surface area contributed by atoms with E-state index in [1.165, 1.54) is 0 Å². The summed E-state index contributed by atoms with van der Waals surface area (Å²) in [4.78, 5) is 2.40. The van der Waals surface area contributed by atoms with Crippen molar-refractivity contribution in [3.05, 3.63) is 34.6 Å². The lowest BCUT2D eigenvalue weighted by Crippen LogP contribution is -2.45. The first-order chi connectivity index (χ1) is 8.22. The maximum Gasteiger partial charge on any atom is 0.142 e. The van der Waals surface area contributed by atoms with Crippen LogP contribution in [0.2, 0.25) is 5.02 Å². The Morgan fingerprint density at radius 3 is 2.47 bits per heavy atom. The number of nitrogens with one attached hydrogen (secondary N) is 1. The maximum atomic E-state index is 13.5. The van der Waals surface area contributed by atoms with Gasteiger partial charge in [0.15, 0.2) is 0 Å². The van der Waals surface area contributed by atoms with E-state index in [2.05, 4.69) is 17.1 Å². The minimum absolute atomic E-state index is 0. The fourth-order valence-corrected chi connectivity index (χ4v) is 2.54. The minimum Gasteiger partial charge on any atom is -0.314 e. The standard InChI is InChI=1S/C13H18ClFN2.2ClH/c1-2-13(17-7-5-16-6-8-17)10-3-4-11(14)12(15)9-10;;/h3-4,9,13,16H,2,5-8H2,1H3;2*1H/t13-;;/m1../s1. The molecule has 1 atom stereocenters. The lowest BCUT2D eigenvalue weighted by Gasteiger charge is -2.34. The van der Waals surface area contributed by atoms with Crippen LogP contribution in [0, 0.1) is 5.82 Å². The highest BCUT2D eigenvalue weighted by Crippen LogP contribution is 2.27. The van der Waals surface area contributed by atoms with Crippen LogP contribution in [0.3, 0.4) is 0 Å². The van der Waals surface area contributed by atoms with Crippen LogP contribution in [-0.4, -0.2) is 31.1 Å². The molecule has 0 radical (unpaired) electrons. The summed E-state index contributed by atoms with van der Waals surface area (Å²) in [6, 6.07) is 5.45. The molecule has 19 heavy (non-hydrogen) atoms. The van der Waals surface area contributed by atoms with Crippen LogP contribution in [0.25, 0.3) is 0 Å². The van der Waals surface area contributed by atoms with Gasteiger partial charge in [0.05, 0.1) is 5.02 Å². The Morgan fingerprint density at radius 1 is 1.32 bits per heavy atom. The fraction of sp³-hybridized carbons (Fsp3) is 0.538. The molecule has 110 valence electrons. The second-order valence-electron chi connectivity index (χ2n) is 4.38. The summed E-state index contributed by atoms with van der Waals surface area (Å²) in [5.74, 6) is -0.322. The molecule has 1 aliphatic rings. The number of benzene rings is 1. The molecule has 0 aromatic heterocycles.